The van der Waals surface area contributed by atoms with Gasteiger partial charge >= 0.3 is 515 Å². The van der Waals surface area contributed by atoms with E-state index in [1.165, 1.54) is 157 Å². The van der Waals surface area contributed by atoms with Crippen molar-refractivity contribution in [1.29, 1.82) is 0 Å². The Kier molecular flexibility index (Phi) is 13.5. The van der Waals surface area contributed by atoms with Crippen molar-refractivity contribution in [3.05, 3.63) is 177 Å². The van der Waals surface area contributed by atoms with Crippen molar-refractivity contribution in [2.75, 3.05) is 0 Å². The Morgan fingerprint density at radius 1 is 0.345 bits per heavy atom. The molecule has 2 atom stereocenters. The zero-order chi connectivity index (χ0) is 58.9. The monoisotopic (exact) mass is 1200 g/mol. The molecule has 2 unspecified atom stereocenters. The summed E-state index contributed by atoms with van der Waals surface area (Å²) >= 11 is -4.57. The summed E-state index contributed by atoms with van der Waals surface area (Å²) in [6, 6.07) is 50.1. The molecule has 84 heavy (non-hydrogen) atoms. The van der Waals surface area contributed by atoms with Gasteiger partial charge in [0.2, 0.25) is 0 Å². The first-order valence-electron chi connectivity index (χ1n) is 33.7. The molecule has 0 spiro atoms. The predicted molar refractivity (Wildman–Crippen MR) is 362 cm³/mol. The third kappa shape index (κ3) is 10.1. The molecule has 8 fully saturated rings. The Balaban J connectivity index is 1.03. The molecule has 0 heterocycles. The van der Waals surface area contributed by atoms with Crippen molar-refractivity contribution in [3.63, 3.8) is 0 Å². The second-order valence-electron chi connectivity index (χ2n) is 35.7. The predicted octanol–water partition coefficient (Wildman–Crippen LogP) is 22.7. The fourth-order valence-electron chi connectivity index (χ4n) is 21.2. The molecule has 2 heteroatoms. The summed E-state index contributed by atoms with van der Waals surface area (Å²) in [5, 5.41) is 0. The molecule has 10 aliphatic carbocycles. The van der Waals surface area contributed by atoms with Gasteiger partial charge in [-0.25, -0.2) is 0 Å². The summed E-state index contributed by atoms with van der Waals surface area (Å²) in [5.41, 5.74) is 28.4. The van der Waals surface area contributed by atoms with Crippen LogP contribution < -0.4 is 0 Å². The summed E-state index contributed by atoms with van der Waals surface area (Å²) < 4.78 is 6.88. The number of hydrogen-bond donors (Lipinski definition) is 0. The molecule has 10 aliphatic rings. The fourth-order valence-corrected chi connectivity index (χ4v) is 40.7. The summed E-state index contributed by atoms with van der Waals surface area (Å²) in [4.78, 5) is 0. The van der Waals surface area contributed by atoms with Crippen LogP contribution in [0.5, 0.6) is 0 Å². The van der Waals surface area contributed by atoms with Crippen LogP contribution in [-0.4, -0.2) is 6.88 Å². The van der Waals surface area contributed by atoms with Crippen LogP contribution in [0.2, 0.25) is 9.26 Å². The van der Waals surface area contributed by atoms with Gasteiger partial charge in [-0.3, -0.25) is 0 Å². The SMILES string of the molecule is CC(C)(C)c1ccc(-c2ccc(-c3ccc(C(C)(C)C)cc3)c3c2C=C(CC24CC5CC(CC(C5)C2)C4)[CH]3[Zr]([CH3])([CH3])(=[SiH2])[CH]2C(CC34CC5CC(CC(C5)C3)C4)=Cc3c(-c4ccc(C(C)(C)C)cc4)ccc(-c4ccc(C(C)(C)C)cc4)c32)cc1. The summed E-state index contributed by atoms with van der Waals surface area (Å²) in [6.45, 7) is 31.1. The molecule has 6 aromatic carbocycles. The first-order valence-corrected chi connectivity index (χ1v) is 47.4. The van der Waals surface area contributed by atoms with Crippen LogP contribution in [0.1, 0.15) is 225 Å². The third-order valence-electron chi connectivity index (χ3n) is 24.2. The molecule has 16 rings (SSSR count). The van der Waals surface area contributed by atoms with Gasteiger partial charge in [0.25, 0.3) is 0 Å². The van der Waals surface area contributed by atoms with Gasteiger partial charge in [-0.15, -0.1) is 0 Å². The Morgan fingerprint density at radius 2 is 0.571 bits per heavy atom. The Bertz CT molecular complexity index is 3390. The average Bonchev–Trinajstić information content (AvgIpc) is 2.21. The van der Waals surface area contributed by atoms with Crippen molar-refractivity contribution in [1.82, 2.24) is 0 Å². The number of hydrogen-bond acceptors (Lipinski definition) is 0. The van der Waals surface area contributed by atoms with Gasteiger partial charge in [-0.05, 0) is 0 Å². The van der Waals surface area contributed by atoms with Gasteiger partial charge in [-0.2, -0.15) is 0 Å². The minimum absolute atomic E-state index is 0.0826. The topological polar surface area (TPSA) is 0 Å². The molecule has 0 saturated heterocycles. The van der Waals surface area contributed by atoms with Crippen LogP contribution in [0.15, 0.2) is 132 Å². The summed E-state index contributed by atoms with van der Waals surface area (Å²) in [6.07, 6.45) is 26.0. The van der Waals surface area contributed by atoms with Crippen LogP contribution in [0.4, 0.5) is 0 Å². The van der Waals surface area contributed by atoms with Crippen LogP contribution in [0, 0.1) is 46.3 Å². The molecular weight excluding hydrogens is 1100 g/mol. The van der Waals surface area contributed by atoms with Crippen molar-refractivity contribution >= 4 is 19.0 Å². The number of rotatable bonds is 10. The third-order valence-corrected chi connectivity index (χ3v) is 41.6. The van der Waals surface area contributed by atoms with Crippen LogP contribution in [0.25, 0.3) is 56.7 Å². The van der Waals surface area contributed by atoms with E-state index in [1.54, 1.807) is 22.3 Å². The van der Waals surface area contributed by atoms with Gasteiger partial charge in [0, 0.05) is 0 Å². The molecule has 6 aromatic rings. The van der Waals surface area contributed by atoms with E-state index in [-0.39, 0.29) is 21.7 Å². The van der Waals surface area contributed by atoms with E-state index in [1.807, 2.05) is 11.1 Å². The van der Waals surface area contributed by atoms with Crippen molar-refractivity contribution in [2.24, 2.45) is 46.3 Å². The summed E-state index contributed by atoms with van der Waals surface area (Å²) in [5.74, 6) is 5.51. The molecule has 0 N–H and O–H groups in total. The molecule has 0 nitrogen and oxygen atoms in total. The molecule has 0 radical (unpaired) electrons. The molecule has 8 saturated carbocycles. The van der Waals surface area contributed by atoms with Crippen molar-refractivity contribution < 1.29 is 17.4 Å². The van der Waals surface area contributed by atoms with E-state index in [2.05, 4.69) is 233 Å². The van der Waals surface area contributed by atoms with Gasteiger partial charge in [0.15, 0.2) is 0 Å². The van der Waals surface area contributed by atoms with E-state index in [9.17, 15) is 0 Å². The molecule has 0 aromatic heterocycles. The molecule has 0 aliphatic heterocycles. The van der Waals surface area contributed by atoms with Crippen molar-refractivity contribution in [3.8, 4) is 44.5 Å². The van der Waals surface area contributed by atoms with E-state index >= 15 is 0 Å². The molecular formula is C82H102SiZr. The first-order chi connectivity index (χ1) is 39.5. The fraction of sp³-hybridized carbons (Fsp3) is 0.512. The van der Waals surface area contributed by atoms with E-state index in [0.717, 1.165) is 35.5 Å². The van der Waals surface area contributed by atoms with E-state index in [0.29, 0.717) is 18.1 Å². The van der Waals surface area contributed by atoms with Gasteiger partial charge in [0.05, 0.1) is 0 Å². The van der Waals surface area contributed by atoms with E-state index in [4.69, 9.17) is 0 Å². The quantitative estimate of drug-likeness (QED) is 0.120. The maximum absolute atomic E-state index is 4.57. The van der Waals surface area contributed by atoms with Crippen LogP contribution in [-0.2, 0) is 39.1 Å². The molecule has 438 valence electrons. The Hall–Kier alpha value is -4.10. The van der Waals surface area contributed by atoms with Gasteiger partial charge in [-0.1, -0.05) is 0 Å². The zero-order valence-electron chi connectivity index (χ0n) is 54.4. The maximum atomic E-state index is 3.05. The average molecular weight is 1210 g/mol. The Labute approximate surface area is 511 Å². The number of benzene rings is 6. The summed E-state index contributed by atoms with van der Waals surface area (Å²) in [7, 11) is 0. The second kappa shape index (κ2) is 19.7. The van der Waals surface area contributed by atoms with Gasteiger partial charge in [0.1, 0.15) is 0 Å². The zero-order valence-corrected chi connectivity index (χ0v) is 58.3. The first kappa shape index (κ1) is 57.6. The van der Waals surface area contributed by atoms with Gasteiger partial charge < -0.3 is 0 Å². The van der Waals surface area contributed by atoms with E-state index < -0.39 is 17.4 Å². The molecule has 8 bridgehead atoms. The van der Waals surface area contributed by atoms with Crippen molar-refractivity contribution in [2.45, 2.75) is 211 Å². The van der Waals surface area contributed by atoms with Crippen LogP contribution in [0.3, 0.4) is 0 Å². The minimum atomic E-state index is -4.57. The second-order valence-corrected chi connectivity index (χ2v) is 66.2. The van der Waals surface area contributed by atoms with Crippen LogP contribution >= 0.6 is 0 Å². The number of fused-ring (bicyclic) bond motifs is 2. The normalized spacial score (nSPS) is 28.8. The molecule has 0 amide bonds. The number of allylic oxidation sites excluding steroid dienone is 2. The Morgan fingerprint density at radius 3 is 0.810 bits per heavy atom. The standard InChI is InChI=1S/2C40H47.2CH3.H2Si.Zr/c2*1-38(2,3)32-11-7-30(8-12-32)34-15-16-35(31-9-13-33(14-10-31)39(4,5)6)37-21-29(20-36(34)37)25-40-22-26-17-27(23-40)19-28(18-26)24-40;;;;/h2*7-16,20-21,26-28H,17-19,22-25H2,1-6H3;2*1H3;1H2;.